The van der Waals surface area contributed by atoms with E-state index in [1.807, 2.05) is 13.0 Å². The topological polar surface area (TPSA) is 57.2 Å². The van der Waals surface area contributed by atoms with Crippen molar-refractivity contribution in [1.29, 1.82) is 0 Å². The fourth-order valence-electron chi connectivity index (χ4n) is 1.23. The summed E-state index contributed by atoms with van der Waals surface area (Å²) in [5.74, 6) is 0. The second-order valence-corrected chi connectivity index (χ2v) is 5.99. The van der Waals surface area contributed by atoms with Crippen LogP contribution in [0.4, 0.5) is 0 Å². The fourth-order valence-corrected chi connectivity index (χ4v) is 2.14. The predicted octanol–water partition coefficient (Wildman–Crippen LogP) is -0.689. The fraction of sp³-hybridized carbons (Fsp3) is 0.400. The van der Waals surface area contributed by atoms with Gasteiger partial charge in [-0.25, -0.2) is 8.42 Å². The van der Waals surface area contributed by atoms with E-state index in [-0.39, 0.29) is 34.5 Å². The summed E-state index contributed by atoms with van der Waals surface area (Å²) in [7, 11) is -4.33. The molecule has 0 aromatic heterocycles. The summed E-state index contributed by atoms with van der Waals surface area (Å²) in [5.41, 5.74) is 0.857. The summed E-state index contributed by atoms with van der Waals surface area (Å²) in [4.78, 5) is 0.151. The second kappa shape index (κ2) is 7.13. The van der Waals surface area contributed by atoms with Gasteiger partial charge in [-0.05, 0) is 30.5 Å². The molecular formula is C10H12BrNaO3S. The van der Waals surface area contributed by atoms with Gasteiger partial charge in [0.25, 0.3) is 0 Å². The van der Waals surface area contributed by atoms with Crippen molar-refractivity contribution in [2.45, 2.75) is 29.5 Å². The summed E-state index contributed by atoms with van der Waals surface area (Å²) in [6, 6.07) is 6.17. The van der Waals surface area contributed by atoms with Crippen LogP contribution in [0.2, 0.25) is 0 Å². The Hall–Kier alpha value is 0.610. The van der Waals surface area contributed by atoms with E-state index in [2.05, 4.69) is 15.9 Å². The third kappa shape index (κ3) is 5.29. The largest absolute Gasteiger partial charge is 1.00 e. The van der Waals surface area contributed by atoms with Crippen molar-refractivity contribution in [1.82, 2.24) is 0 Å². The van der Waals surface area contributed by atoms with Crippen LogP contribution < -0.4 is 29.6 Å². The van der Waals surface area contributed by atoms with Crippen molar-refractivity contribution in [3.05, 3.63) is 29.8 Å². The number of rotatable bonds is 4. The summed E-state index contributed by atoms with van der Waals surface area (Å²) in [5, 5.41) is 0. The summed E-state index contributed by atoms with van der Waals surface area (Å²) < 4.78 is 32.3. The molecule has 16 heavy (non-hydrogen) atoms. The van der Waals surface area contributed by atoms with Gasteiger partial charge in [-0.2, -0.15) is 0 Å². The van der Waals surface area contributed by atoms with Gasteiger partial charge < -0.3 is 4.55 Å². The molecule has 0 fully saturated rings. The van der Waals surface area contributed by atoms with Gasteiger partial charge in [-0.15, -0.1) is 0 Å². The Morgan fingerprint density at radius 1 is 1.44 bits per heavy atom. The van der Waals surface area contributed by atoms with Crippen molar-refractivity contribution in [3.63, 3.8) is 0 Å². The van der Waals surface area contributed by atoms with E-state index in [1.54, 1.807) is 6.07 Å². The molecule has 0 aliphatic heterocycles. The molecule has 3 nitrogen and oxygen atoms in total. The SMILES string of the molecule is CCC(Br)Cc1cccc(S(=O)(=O)[O-])c1.[Na+]. The molecule has 1 rings (SSSR count). The Balaban J connectivity index is 0.00000225. The first-order valence-corrected chi connectivity index (χ1v) is 6.94. The standard InChI is InChI=1S/C10H13BrO3S.Na/c1-2-9(11)6-8-4-3-5-10(7-8)15(12,13)14;/h3-5,7,9H,2,6H2,1H3,(H,12,13,14);/q;+1/p-1. The van der Waals surface area contributed by atoms with Gasteiger partial charge in [-0.3, -0.25) is 0 Å². The smallest absolute Gasteiger partial charge is 0.744 e. The molecule has 1 aromatic carbocycles. The van der Waals surface area contributed by atoms with E-state index in [9.17, 15) is 13.0 Å². The molecule has 0 aliphatic carbocycles. The van der Waals surface area contributed by atoms with Crippen LogP contribution in [0.5, 0.6) is 0 Å². The first-order valence-electron chi connectivity index (χ1n) is 4.62. The quantitative estimate of drug-likeness (QED) is 0.420. The molecule has 0 radical (unpaired) electrons. The Labute approximate surface area is 127 Å². The first-order chi connectivity index (χ1) is 6.93. The van der Waals surface area contributed by atoms with E-state index >= 15 is 0 Å². The van der Waals surface area contributed by atoms with E-state index in [0.29, 0.717) is 4.83 Å². The third-order valence-corrected chi connectivity index (χ3v) is 3.89. The average molecular weight is 315 g/mol. The summed E-state index contributed by atoms with van der Waals surface area (Å²) >= 11 is 3.46. The average Bonchev–Trinajstić information content (AvgIpc) is 2.17. The van der Waals surface area contributed by atoms with E-state index in [1.165, 1.54) is 12.1 Å². The molecule has 6 heteroatoms. The Bertz CT molecular complexity index is 433. The Kier molecular flexibility index (Phi) is 7.41. The van der Waals surface area contributed by atoms with Crippen LogP contribution in [0.15, 0.2) is 29.2 Å². The van der Waals surface area contributed by atoms with Gasteiger partial charge >= 0.3 is 29.6 Å². The van der Waals surface area contributed by atoms with Gasteiger partial charge in [0.05, 0.1) is 4.90 Å². The molecule has 84 valence electrons. The Morgan fingerprint density at radius 2 is 2.06 bits per heavy atom. The van der Waals surface area contributed by atoms with Crippen LogP contribution in [-0.2, 0) is 16.5 Å². The molecule has 0 heterocycles. The molecule has 0 saturated heterocycles. The van der Waals surface area contributed by atoms with Crippen molar-refractivity contribution in [2.24, 2.45) is 0 Å². The van der Waals surface area contributed by atoms with E-state index < -0.39 is 10.1 Å². The molecule has 1 atom stereocenters. The third-order valence-electron chi connectivity index (χ3n) is 2.09. The minimum Gasteiger partial charge on any atom is -0.744 e. The maximum atomic E-state index is 10.8. The molecule has 1 unspecified atom stereocenters. The molecule has 0 N–H and O–H groups in total. The number of halogens is 1. The molecule has 1 aromatic rings. The second-order valence-electron chi connectivity index (χ2n) is 3.31. The van der Waals surface area contributed by atoms with Crippen LogP contribution in [0.3, 0.4) is 0 Å². The first kappa shape index (κ1) is 16.6. The summed E-state index contributed by atoms with van der Waals surface area (Å²) in [6.07, 6.45) is 1.67. The molecule has 0 saturated carbocycles. The normalized spacial score (nSPS) is 12.9. The zero-order valence-electron chi connectivity index (χ0n) is 9.31. The van der Waals surface area contributed by atoms with Gasteiger partial charge in [0.2, 0.25) is 0 Å². The minimum absolute atomic E-state index is 0. The van der Waals surface area contributed by atoms with Crippen LogP contribution >= 0.6 is 15.9 Å². The van der Waals surface area contributed by atoms with Crippen molar-refractivity contribution >= 4 is 26.0 Å². The number of alkyl halides is 1. The van der Waals surface area contributed by atoms with Crippen LogP contribution in [0, 0.1) is 0 Å². The van der Waals surface area contributed by atoms with Crippen LogP contribution in [0.25, 0.3) is 0 Å². The monoisotopic (exact) mass is 314 g/mol. The number of hydrogen-bond donors (Lipinski definition) is 0. The maximum absolute atomic E-state index is 10.8. The van der Waals surface area contributed by atoms with Crippen molar-refractivity contribution in [2.75, 3.05) is 0 Å². The van der Waals surface area contributed by atoms with Crippen LogP contribution in [-0.4, -0.2) is 17.8 Å². The zero-order valence-corrected chi connectivity index (χ0v) is 13.7. The number of benzene rings is 1. The molecule has 0 amide bonds. The molecule has 0 bridgehead atoms. The van der Waals surface area contributed by atoms with Gasteiger partial charge in [0.15, 0.2) is 0 Å². The van der Waals surface area contributed by atoms with E-state index in [0.717, 1.165) is 18.4 Å². The Morgan fingerprint density at radius 3 is 2.56 bits per heavy atom. The van der Waals surface area contributed by atoms with Crippen molar-refractivity contribution < 1.29 is 42.5 Å². The molecular weight excluding hydrogens is 303 g/mol. The van der Waals surface area contributed by atoms with Crippen molar-refractivity contribution in [3.8, 4) is 0 Å². The molecule has 0 aliphatic rings. The molecule has 0 spiro atoms. The maximum Gasteiger partial charge on any atom is 1.00 e. The van der Waals surface area contributed by atoms with Gasteiger partial charge in [-0.1, -0.05) is 35.0 Å². The van der Waals surface area contributed by atoms with Gasteiger partial charge in [0, 0.05) is 4.83 Å². The van der Waals surface area contributed by atoms with E-state index in [4.69, 9.17) is 0 Å². The minimum atomic E-state index is -4.33. The summed E-state index contributed by atoms with van der Waals surface area (Å²) in [6.45, 7) is 2.04. The zero-order chi connectivity index (χ0) is 11.5. The van der Waals surface area contributed by atoms with Gasteiger partial charge in [0.1, 0.15) is 10.1 Å². The predicted molar refractivity (Wildman–Crippen MR) is 61.1 cm³/mol. The number of hydrogen-bond acceptors (Lipinski definition) is 3. The van der Waals surface area contributed by atoms with Crippen LogP contribution in [0.1, 0.15) is 18.9 Å².